The van der Waals surface area contributed by atoms with Gasteiger partial charge in [0.2, 0.25) is 15.9 Å². The van der Waals surface area contributed by atoms with Crippen molar-refractivity contribution < 1.29 is 13.2 Å². The van der Waals surface area contributed by atoms with E-state index in [9.17, 15) is 13.2 Å². The predicted octanol–water partition coefficient (Wildman–Crippen LogP) is 4.43. The van der Waals surface area contributed by atoms with Crippen molar-refractivity contribution in [1.82, 2.24) is 4.31 Å². The lowest BCUT2D eigenvalue weighted by molar-refractivity contribution is -0.120. The third kappa shape index (κ3) is 5.46. The molecular weight excluding hydrogens is 511 g/mol. The number of benzene rings is 2. The summed E-state index contributed by atoms with van der Waals surface area (Å²) in [5.74, 6) is -0.275. The average molecular weight is 533 g/mol. The fourth-order valence-electron chi connectivity index (χ4n) is 3.28. The Balaban J connectivity index is 1.57. The second-order valence-electron chi connectivity index (χ2n) is 7.00. The van der Waals surface area contributed by atoms with E-state index >= 15 is 0 Å². The normalized spacial score (nSPS) is 16.1. The minimum atomic E-state index is -3.41. The summed E-state index contributed by atoms with van der Waals surface area (Å²) in [5.41, 5.74) is 2.53. The summed E-state index contributed by atoms with van der Waals surface area (Å²) in [7, 11) is -3.41. The first kappa shape index (κ1) is 21.5. The number of anilines is 1. The fourth-order valence-corrected chi connectivity index (χ4v) is 5.62. The van der Waals surface area contributed by atoms with Crippen LogP contribution in [0.2, 0.25) is 5.02 Å². The van der Waals surface area contributed by atoms with Crippen molar-refractivity contribution >= 4 is 55.8 Å². The van der Waals surface area contributed by atoms with Crippen molar-refractivity contribution in [3.8, 4) is 0 Å². The largest absolute Gasteiger partial charge is 0.326 e. The van der Waals surface area contributed by atoms with Gasteiger partial charge in [0.25, 0.3) is 0 Å². The summed E-state index contributed by atoms with van der Waals surface area (Å²) in [4.78, 5) is 12.6. The van der Waals surface area contributed by atoms with E-state index in [1.54, 1.807) is 24.3 Å². The monoisotopic (exact) mass is 532 g/mol. The fraction of sp³-hybridized carbons (Fsp3) is 0.350. The van der Waals surface area contributed by atoms with Gasteiger partial charge in [0.05, 0.1) is 5.75 Å². The molecule has 28 heavy (non-hydrogen) atoms. The molecule has 0 unspecified atom stereocenters. The third-order valence-electron chi connectivity index (χ3n) is 4.93. The van der Waals surface area contributed by atoms with Crippen LogP contribution >= 0.6 is 34.2 Å². The van der Waals surface area contributed by atoms with Crippen LogP contribution in [0.25, 0.3) is 0 Å². The van der Waals surface area contributed by atoms with Gasteiger partial charge in [0.15, 0.2) is 0 Å². The molecule has 1 N–H and O–H groups in total. The number of rotatable bonds is 5. The van der Waals surface area contributed by atoms with Crippen molar-refractivity contribution in [2.45, 2.75) is 25.5 Å². The number of piperidine rings is 1. The number of carbonyl (C=O) groups is 1. The van der Waals surface area contributed by atoms with Gasteiger partial charge in [-0.15, -0.1) is 0 Å². The van der Waals surface area contributed by atoms with Crippen LogP contribution in [0.1, 0.15) is 24.0 Å². The van der Waals surface area contributed by atoms with Crippen LogP contribution in [0, 0.1) is 16.4 Å². The highest BCUT2D eigenvalue weighted by atomic mass is 127. The maximum Gasteiger partial charge on any atom is 0.227 e. The maximum absolute atomic E-state index is 12.7. The van der Waals surface area contributed by atoms with Gasteiger partial charge < -0.3 is 5.32 Å². The van der Waals surface area contributed by atoms with Gasteiger partial charge in [-0.3, -0.25) is 4.79 Å². The zero-order valence-electron chi connectivity index (χ0n) is 15.5. The second-order valence-corrected chi connectivity index (χ2v) is 10.7. The van der Waals surface area contributed by atoms with Gasteiger partial charge in [-0.2, -0.15) is 0 Å². The molecule has 0 spiro atoms. The first-order chi connectivity index (χ1) is 13.2. The van der Waals surface area contributed by atoms with Crippen molar-refractivity contribution in [3.63, 3.8) is 0 Å². The number of hydrogen-bond donors (Lipinski definition) is 1. The lowest BCUT2D eigenvalue weighted by atomic mass is 9.97. The highest BCUT2D eigenvalue weighted by molar-refractivity contribution is 14.1. The summed E-state index contributed by atoms with van der Waals surface area (Å²) >= 11 is 8.09. The molecule has 0 radical (unpaired) electrons. The van der Waals surface area contributed by atoms with Gasteiger partial charge in [-0.25, -0.2) is 12.7 Å². The second kappa shape index (κ2) is 9.11. The molecule has 1 amide bonds. The molecule has 150 valence electrons. The molecule has 1 saturated heterocycles. The van der Waals surface area contributed by atoms with Crippen LogP contribution in [-0.4, -0.2) is 31.7 Å². The SMILES string of the molecule is Cc1cc(I)ccc1NC(=O)C1CCN(S(=O)(=O)Cc2ccc(Cl)cc2)CC1. The standard InChI is InChI=1S/C20H22ClIN2O3S/c1-14-12-18(22)6-7-19(14)23-20(25)16-8-10-24(11-9-16)28(26,27)13-15-2-4-17(21)5-3-15/h2-7,12,16H,8-11,13H2,1H3,(H,23,25). The molecule has 2 aromatic carbocycles. The van der Waals surface area contributed by atoms with Crippen LogP contribution in [0.3, 0.4) is 0 Å². The number of hydrogen-bond acceptors (Lipinski definition) is 3. The van der Waals surface area contributed by atoms with Gasteiger partial charge in [-0.05, 0) is 83.8 Å². The summed E-state index contributed by atoms with van der Waals surface area (Å²) in [6.07, 6.45) is 1.05. The Morgan fingerprint density at radius 1 is 1.18 bits per heavy atom. The smallest absolute Gasteiger partial charge is 0.227 e. The van der Waals surface area contributed by atoms with E-state index < -0.39 is 10.0 Å². The molecule has 0 saturated carbocycles. The van der Waals surface area contributed by atoms with Gasteiger partial charge in [0, 0.05) is 33.3 Å². The first-order valence-electron chi connectivity index (χ1n) is 9.04. The lowest BCUT2D eigenvalue weighted by Crippen LogP contribution is -2.41. The van der Waals surface area contributed by atoms with Crippen molar-refractivity contribution in [1.29, 1.82) is 0 Å². The van der Waals surface area contributed by atoms with E-state index in [2.05, 4.69) is 27.9 Å². The molecule has 0 aliphatic carbocycles. The quantitative estimate of drug-likeness (QED) is 0.579. The van der Waals surface area contributed by atoms with Crippen LogP contribution in [0.4, 0.5) is 5.69 Å². The number of amides is 1. The van der Waals surface area contributed by atoms with E-state index in [1.165, 1.54) is 4.31 Å². The summed E-state index contributed by atoms with van der Waals surface area (Å²) in [6, 6.07) is 12.7. The van der Waals surface area contributed by atoms with Gasteiger partial charge in [-0.1, -0.05) is 23.7 Å². The number of carbonyl (C=O) groups excluding carboxylic acids is 1. The highest BCUT2D eigenvalue weighted by Crippen LogP contribution is 2.25. The van der Waals surface area contributed by atoms with E-state index in [4.69, 9.17) is 11.6 Å². The maximum atomic E-state index is 12.7. The van der Waals surface area contributed by atoms with E-state index in [-0.39, 0.29) is 17.6 Å². The number of sulfonamides is 1. The molecule has 0 bridgehead atoms. The first-order valence-corrected chi connectivity index (χ1v) is 12.1. The molecule has 1 fully saturated rings. The van der Waals surface area contributed by atoms with Crippen molar-refractivity contribution in [2.75, 3.05) is 18.4 Å². The van der Waals surface area contributed by atoms with E-state index in [1.807, 2.05) is 25.1 Å². The predicted molar refractivity (Wildman–Crippen MR) is 121 cm³/mol. The van der Waals surface area contributed by atoms with Crippen molar-refractivity contribution in [3.05, 3.63) is 62.2 Å². The number of halogens is 2. The molecule has 8 heteroatoms. The molecule has 0 atom stereocenters. The Labute approximate surface area is 184 Å². The summed E-state index contributed by atoms with van der Waals surface area (Å²) < 4.78 is 28.0. The Bertz CT molecular complexity index is 956. The Kier molecular flexibility index (Phi) is 7.01. The minimum Gasteiger partial charge on any atom is -0.326 e. The van der Waals surface area contributed by atoms with Gasteiger partial charge >= 0.3 is 0 Å². The minimum absolute atomic E-state index is 0.0425. The van der Waals surface area contributed by atoms with Gasteiger partial charge in [0.1, 0.15) is 0 Å². The number of aryl methyl sites for hydroxylation is 1. The van der Waals surface area contributed by atoms with E-state index in [0.717, 1.165) is 14.8 Å². The van der Waals surface area contributed by atoms with Crippen LogP contribution in [0.5, 0.6) is 0 Å². The average Bonchev–Trinajstić information content (AvgIpc) is 2.66. The van der Waals surface area contributed by atoms with Crippen molar-refractivity contribution in [2.24, 2.45) is 5.92 Å². The number of nitrogens with one attached hydrogen (secondary N) is 1. The topological polar surface area (TPSA) is 66.5 Å². The van der Waals surface area contributed by atoms with Crippen LogP contribution < -0.4 is 5.32 Å². The molecule has 1 aliphatic heterocycles. The summed E-state index contributed by atoms with van der Waals surface area (Å²) in [6.45, 7) is 2.68. The molecule has 1 heterocycles. The zero-order chi connectivity index (χ0) is 20.3. The number of nitrogens with zero attached hydrogens (tertiary/aromatic N) is 1. The van der Waals surface area contributed by atoms with Crippen LogP contribution in [0.15, 0.2) is 42.5 Å². The lowest BCUT2D eigenvalue weighted by Gasteiger charge is -2.30. The molecular formula is C20H22ClIN2O3S. The third-order valence-corrected chi connectivity index (χ3v) is 7.70. The van der Waals surface area contributed by atoms with Crippen LogP contribution in [-0.2, 0) is 20.6 Å². The molecule has 1 aliphatic rings. The Morgan fingerprint density at radius 3 is 2.43 bits per heavy atom. The molecule has 2 aromatic rings. The van der Waals surface area contributed by atoms with E-state index in [0.29, 0.717) is 36.5 Å². The Hall–Kier alpha value is -1.16. The molecule has 3 rings (SSSR count). The molecule has 0 aromatic heterocycles. The zero-order valence-corrected chi connectivity index (χ0v) is 19.2. The molecule has 5 nitrogen and oxygen atoms in total. The highest BCUT2D eigenvalue weighted by Gasteiger charge is 2.31. The Morgan fingerprint density at radius 2 is 1.82 bits per heavy atom. The summed E-state index contributed by atoms with van der Waals surface area (Å²) in [5, 5.41) is 3.56.